The maximum atomic E-state index is 11.7. The Morgan fingerprint density at radius 3 is 3.00 bits per heavy atom. The van der Waals surface area contributed by atoms with E-state index in [0.29, 0.717) is 12.2 Å². The van der Waals surface area contributed by atoms with Crippen LogP contribution in [-0.2, 0) is 6.42 Å². The van der Waals surface area contributed by atoms with E-state index >= 15 is 0 Å². The van der Waals surface area contributed by atoms with E-state index in [1.54, 1.807) is 23.6 Å². The van der Waals surface area contributed by atoms with Gasteiger partial charge in [0.1, 0.15) is 5.69 Å². The molecule has 2 aromatic heterocycles. The average Bonchev–Trinajstić information content (AvgIpc) is 2.85. The molecule has 0 saturated heterocycles. The Hall–Kier alpha value is -1.95. The van der Waals surface area contributed by atoms with Gasteiger partial charge in [0.05, 0.1) is 5.01 Å². The number of pyridine rings is 1. The summed E-state index contributed by atoms with van der Waals surface area (Å²) in [6, 6.07) is 3.62. The quantitative estimate of drug-likeness (QED) is 0.856. The Kier molecular flexibility index (Phi) is 5.06. The highest BCUT2D eigenvalue weighted by Crippen LogP contribution is 2.11. The second kappa shape index (κ2) is 7.00. The number of anilines is 1. The van der Waals surface area contributed by atoms with Crippen molar-refractivity contribution >= 4 is 22.9 Å². The van der Waals surface area contributed by atoms with Crippen molar-refractivity contribution in [3.63, 3.8) is 0 Å². The molecule has 0 unspecified atom stereocenters. The fourth-order valence-electron chi connectivity index (χ4n) is 1.75. The SMILES string of the molecule is CCNC(=O)c1cc(NCCc2nc(C)cs2)ccn1. The molecule has 0 aliphatic carbocycles. The standard InChI is InChI=1S/C14H18N4OS/c1-3-15-14(19)12-8-11(4-6-17-12)16-7-5-13-18-10(2)9-20-13/h4,6,8-9H,3,5,7H2,1-2H3,(H,15,19)(H,16,17). The number of hydrogen-bond acceptors (Lipinski definition) is 5. The van der Waals surface area contributed by atoms with Crippen LogP contribution < -0.4 is 10.6 Å². The normalized spacial score (nSPS) is 10.3. The van der Waals surface area contributed by atoms with Crippen LogP contribution >= 0.6 is 11.3 Å². The van der Waals surface area contributed by atoms with Gasteiger partial charge in [0.2, 0.25) is 0 Å². The first-order valence-corrected chi connectivity index (χ1v) is 7.46. The van der Waals surface area contributed by atoms with Crippen LogP contribution in [0.2, 0.25) is 0 Å². The van der Waals surface area contributed by atoms with Crippen molar-refractivity contribution in [2.75, 3.05) is 18.4 Å². The van der Waals surface area contributed by atoms with E-state index in [-0.39, 0.29) is 5.91 Å². The highest BCUT2D eigenvalue weighted by Gasteiger charge is 2.06. The summed E-state index contributed by atoms with van der Waals surface area (Å²) >= 11 is 1.67. The second-order valence-electron chi connectivity index (χ2n) is 4.35. The van der Waals surface area contributed by atoms with Crippen LogP contribution in [0.1, 0.15) is 28.1 Å². The molecular weight excluding hydrogens is 272 g/mol. The van der Waals surface area contributed by atoms with Crippen LogP contribution in [0.15, 0.2) is 23.7 Å². The minimum atomic E-state index is -0.147. The number of thiazole rings is 1. The lowest BCUT2D eigenvalue weighted by atomic mass is 10.3. The van der Waals surface area contributed by atoms with Crippen LogP contribution in [-0.4, -0.2) is 29.0 Å². The van der Waals surface area contributed by atoms with Gasteiger partial charge in [-0.3, -0.25) is 9.78 Å². The number of rotatable bonds is 6. The van der Waals surface area contributed by atoms with Crippen molar-refractivity contribution in [1.29, 1.82) is 0 Å². The molecule has 5 nitrogen and oxygen atoms in total. The lowest BCUT2D eigenvalue weighted by molar-refractivity contribution is 0.0951. The minimum Gasteiger partial charge on any atom is -0.385 e. The number of nitrogens with zero attached hydrogens (tertiary/aromatic N) is 2. The largest absolute Gasteiger partial charge is 0.385 e. The summed E-state index contributed by atoms with van der Waals surface area (Å²) in [6.07, 6.45) is 2.51. The third kappa shape index (κ3) is 4.03. The molecule has 0 aliphatic heterocycles. The van der Waals surface area contributed by atoms with Crippen LogP contribution in [0.4, 0.5) is 5.69 Å². The van der Waals surface area contributed by atoms with Gasteiger partial charge in [0.25, 0.3) is 5.91 Å². The number of amides is 1. The third-order valence-corrected chi connectivity index (χ3v) is 3.69. The minimum absolute atomic E-state index is 0.147. The number of carbonyl (C=O) groups is 1. The molecule has 20 heavy (non-hydrogen) atoms. The van der Waals surface area contributed by atoms with Gasteiger partial charge in [-0.05, 0) is 26.0 Å². The molecule has 6 heteroatoms. The highest BCUT2D eigenvalue weighted by molar-refractivity contribution is 7.09. The van der Waals surface area contributed by atoms with E-state index in [1.165, 1.54) is 0 Å². The van der Waals surface area contributed by atoms with E-state index in [0.717, 1.165) is 29.4 Å². The van der Waals surface area contributed by atoms with Crippen molar-refractivity contribution in [3.05, 3.63) is 40.1 Å². The summed E-state index contributed by atoms with van der Waals surface area (Å²) in [7, 11) is 0. The van der Waals surface area contributed by atoms with Gasteiger partial charge in [-0.25, -0.2) is 4.98 Å². The predicted molar refractivity (Wildman–Crippen MR) is 81.3 cm³/mol. The topological polar surface area (TPSA) is 66.9 Å². The highest BCUT2D eigenvalue weighted by atomic mass is 32.1. The third-order valence-electron chi connectivity index (χ3n) is 2.66. The molecule has 2 rings (SSSR count). The van der Waals surface area contributed by atoms with Gasteiger partial charge in [-0.15, -0.1) is 11.3 Å². The van der Waals surface area contributed by atoms with Crippen LogP contribution in [0.5, 0.6) is 0 Å². The van der Waals surface area contributed by atoms with E-state index < -0.39 is 0 Å². The predicted octanol–water partition coefficient (Wildman–Crippen LogP) is 2.25. The molecular formula is C14H18N4OS. The molecule has 0 atom stereocenters. The number of carbonyl (C=O) groups excluding carboxylic acids is 1. The van der Waals surface area contributed by atoms with Gasteiger partial charge in [0.15, 0.2) is 0 Å². The molecule has 1 amide bonds. The summed E-state index contributed by atoms with van der Waals surface area (Å²) in [5, 5.41) is 9.19. The van der Waals surface area contributed by atoms with Gasteiger partial charge in [0, 0.05) is 42.5 Å². The van der Waals surface area contributed by atoms with Crippen LogP contribution in [0.25, 0.3) is 0 Å². The summed E-state index contributed by atoms with van der Waals surface area (Å²) in [5.74, 6) is -0.147. The summed E-state index contributed by atoms with van der Waals surface area (Å²) < 4.78 is 0. The first-order valence-electron chi connectivity index (χ1n) is 6.58. The zero-order valence-corrected chi connectivity index (χ0v) is 12.5. The smallest absolute Gasteiger partial charge is 0.269 e. The number of nitrogens with one attached hydrogen (secondary N) is 2. The van der Waals surface area contributed by atoms with Crippen molar-refractivity contribution in [2.24, 2.45) is 0 Å². The number of aromatic nitrogens is 2. The molecule has 2 heterocycles. The van der Waals surface area contributed by atoms with E-state index in [1.807, 2.05) is 19.9 Å². The Labute approximate surface area is 122 Å². The fraction of sp³-hybridized carbons (Fsp3) is 0.357. The van der Waals surface area contributed by atoms with Crippen LogP contribution in [0.3, 0.4) is 0 Å². The zero-order chi connectivity index (χ0) is 14.4. The number of aryl methyl sites for hydroxylation is 1. The molecule has 0 fully saturated rings. The number of hydrogen-bond donors (Lipinski definition) is 2. The molecule has 0 saturated carbocycles. The maximum Gasteiger partial charge on any atom is 0.269 e. The monoisotopic (exact) mass is 290 g/mol. The van der Waals surface area contributed by atoms with Crippen molar-refractivity contribution in [3.8, 4) is 0 Å². The fourth-order valence-corrected chi connectivity index (χ4v) is 2.52. The summed E-state index contributed by atoms with van der Waals surface area (Å²) in [4.78, 5) is 20.2. The van der Waals surface area contributed by atoms with Gasteiger partial charge in [-0.2, -0.15) is 0 Å². The van der Waals surface area contributed by atoms with Crippen LogP contribution in [0, 0.1) is 6.92 Å². The molecule has 0 spiro atoms. The van der Waals surface area contributed by atoms with E-state index in [2.05, 4.69) is 26.0 Å². The molecule has 0 aliphatic rings. The Morgan fingerprint density at radius 1 is 1.45 bits per heavy atom. The van der Waals surface area contributed by atoms with E-state index in [9.17, 15) is 4.79 Å². The zero-order valence-electron chi connectivity index (χ0n) is 11.6. The molecule has 2 N–H and O–H groups in total. The van der Waals surface area contributed by atoms with Crippen molar-refractivity contribution in [2.45, 2.75) is 20.3 Å². The van der Waals surface area contributed by atoms with Crippen molar-refractivity contribution < 1.29 is 4.79 Å². The van der Waals surface area contributed by atoms with Gasteiger partial charge < -0.3 is 10.6 Å². The van der Waals surface area contributed by atoms with Crippen molar-refractivity contribution in [1.82, 2.24) is 15.3 Å². The summed E-state index contributed by atoms with van der Waals surface area (Å²) in [5.41, 5.74) is 2.39. The molecule has 0 aromatic carbocycles. The lowest BCUT2D eigenvalue weighted by Gasteiger charge is -2.07. The first-order chi connectivity index (χ1) is 9.69. The molecule has 0 radical (unpaired) electrons. The Balaban J connectivity index is 1.89. The maximum absolute atomic E-state index is 11.7. The molecule has 0 bridgehead atoms. The van der Waals surface area contributed by atoms with Gasteiger partial charge in [-0.1, -0.05) is 0 Å². The summed E-state index contributed by atoms with van der Waals surface area (Å²) in [6.45, 7) is 5.26. The average molecular weight is 290 g/mol. The molecule has 106 valence electrons. The molecule has 2 aromatic rings. The van der Waals surface area contributed by atoms with Gasteiger partial charge >= 0.3 is 0 Å². The Morgan fingerprint density at radius 2 is 2.30 bits per heavy atom. The van der Waals surface area contributed by atoms with E-state index in [4.69, 9.17) is 0 Å². The Bertz CT molecular complexity index is 582. The second-order valence-corrected chi connectivity index (χ2v) is 5.29. The first kappa shape index (κ1) is 14.5. The lowest BCUT2D eigenvalue weighted by Crippen LogP contribution is -2.23.